The van der Waals surface area contributed by atoms with Crippen molar-refractivity contribution in [3.63, 3.8) is 0 Å². The summed E-state index contributed by atoms with van der Waals surface area (Å²) in [7, 11) is 1.48. The van der Waals surface area contributed by atoms with Gasteiger partial charge in [0.25, 0.3) is 5.91 Å². The Labute approximate surface area is 111 Å². The molecule has 0 aromatic carbocycles. The highest BCUT2D eigenvalue weighted by atomic mass is 16.5. The van der Waals surface area contributed by atoms with Crippen LogP contribution in [0.5, 0.6) is 5.88 Å². The van der Waals surface area contributed by atoms with Gasteiger partial charge in [-0.3, -0.25) is 4.79 Å². The Hall–Kier alpha value is -2.11. The number of carboxylic acid groups (broad SMARTS) is 1. The molecular formula is C13H18N2O4. The number of aromatic nitrogens is 1. The summed E-state index contributed by atoms with van der Waals surface area (Å²) in [5.74, 6) is -0.921. The van der Waals surface area contributed by atoms with Crippen LogP contribution in [-0.4, -0.2) is 35.1 Å². The van der Waals surface area contributed by atoms with Gasteiger partial charge in [0.1, 0.15) is 6.04 Å². The van der Waals surface area contributed by atoms with Crippen molar-refractivity contribution >= 4 is 11.9 Å². The molecule has 6 heteroatoms. The van der Waals surface area contributed by atoms with Gasteiger partial charge in [0, 0.05) is 12.3 Å². The average molecular weight is 266 g/mol. The molecule has 0 aliphatic heterocycles. The van der Waals surface area contributed by atoms with E-state index in [4.69, 9.17) is 9.84 Å². The fourth-order valence-electron chi connectivity index (χ4n) is 1.57. The number of nitrogens with zero attached hydrogens (tertiary/aromatic N) is 1. The number of aliphatic carboxylic acids is 1. The summed E-state index contributed by atoms with van der Waals surface area (Å²) in [6.07, 6.45) is 1.73. The number of ether oxygens (including phenoxy) is 1. The van der Waals surface area contributed by atoms with Crippen molar-refractivity contribution < 1.29 is 19.4 Å². The molecule has 0 fully saturated rings. The molecule has 0 bridgehead atoms. The summed E-state index contributed by atoms with van der Waals surface area (Å²) in [6, 6.07) is 2.19. The second-order valence-corrected chi connectivity index (χ2v) is 4.58. The minimum atomic E-state index is -1.04. The van der Waals surface area contributed by atoms with Crippen LogP contribution in [0.1, 0.15) is 30.6 Å². The second kappa shape index (κ2) is 6.72. The number of methoxy groups -OCH3 is 1. The van der Waals surface area contributed by atoms with Crippen LogP contribution in [0, 0.1) is 5.92 Å². The van der Waals surface area contributed by atoms with Crippen molar-refractivity contribution in [3.8, 4) is 5.88 Å². The van der Waals surface area contributed by atoms with E-state index in [2.05, 4.69) is 10.3 Å². The Bertz CT molecular complexity index is 442. The van der Waals surface area contributed by atoms with E-state index in [1.807, 2.05) is 13.8 Å². The van der Waals surface area contributed by atoms with E-state index in [1.54, 1.807) is 6.07 Å². The molecule has 0 radical (unpaired) electrons. The van der Waals surface area contributed by atoms with Crippen LogP contribution in [-0.2, 0) is 4.79 Å². The standard InChI is InChI=1S/C13H18N2O4/c1-8(2)6-10(13(17)18)15-12(16)9-4-5-11(19-3)14-7-9/h4-5,7-8,10H,6H2,1-3H3,(H,15,16)(H,17,18). The SMILES string of the molecule is COc1ccc(C(=O)NC(CC(C)C)C(=O)O)cn1. The molecule has 1 amide bonds. The van der Waals surface area contributed by atoms with Gasteiger partial charge in [-0.25, -0.2) is 9.78 Å². The maximum Gasteiger partial charge on any atom is 0.326 e. The van der Waals surface area contributed by atoms with Crippen molar-refractivity contribution in [1.82, 2.24) is 10.3 Å². The Kier molecular flexibility index (Phi) is 5.29. The Morgan fingerprint density at radius 2 is 2.11 bits per heavy atom. The molecule has 0 saturated carbocycles. The molecule has 1 rings (SSSR count). The fourth-order valence-corrected chi connectivity index (χ4v) is 1.57. The molecule has 19 heavy (non-hydrogen) atoms. The van der Waals surface area contributed by atoms with Gasteiger partial charge >= 0.3 is 5.97 Å². The number of hydrogen-bond donors (Lipinski definition) is 2. The van der Waals surface area contributed by atoms with E-state index in [-0.39, 0.29) is 5.92 Å². The maximum atomic E-state index is 11.9. The summed E-state index contributed by atoms with van der Waals surface area (Å²) in [6.45, 7) is 3.80. The Morgan fingerprint density at radius 1 is 1.42 bits per heavy atom. The normalized spacial score (nSPS) is 12.0. The molecule has 2 N–H and O–H groups in total. The number of pyridine rings is 1. The van der Waals surface area contributed by atoms with E-state index in [0.717, 1.165) is 0 Å². The summed E-state index contributed by atoms with van der Waals surface area (Å²) in [4.78, 5) is 26.8. The molecule has 1 atom stereocenters. The lowest BCUT2D eigenvalue weighted by molar-refractivity contribution is -0.139. The second-order valence-electron chi connectivity index (χ2n) is 4.58. The zero-order valence-electron chi connectivity index (χ0n) is 11.2. The number of carbonyl (C=O) groups is 2. The van der Waals surface area contributed by atoms with Gasteiger partial charge in [-0.05, 0) is 18.4 Å². The predicted molar refractivity (Wildman–Crippen MR) is 69.1 cm³/mol. The summed E-state index contributed by atoms with van der Waals surface area (Å²) >= 11 is 0. The fraction of sp³-hybridized carbons (Fsp3) is 0.462. The Morgan fingerprint density at radius 3 is 2.53 bits per heavy atom. The first-order chi connectivity index (χ1) is 8.93. The van der Waals surface area contributed by atoms with E-state index in [9.17, 15) is 9.59 Å². The van der Waals surface area contributed by atoms with E-state index in [0.29, 0.717) is 17.9 Å². The van der Waals surface area contributed by atoms with Gasteiger partial charge in [0.05, 0.1) is 12.7 Å². The number of amides is 1. The van der Waals surface area contributed by atoms with Crippen molar-refractivity contribution in [1.29, 1.82) is 0 Å². The highest BCUT2D eigenvalue weighted by molar-refractivity contribution is 5.96. The average Bonchev–Trinajstić information content (AvgIpc) is 2.37. The van der Waals surface area contributed by atoms with Crippen LogP contribution in [0.15, 0.2) is 18.3 Å². The van der Waals surface area contributed by atoms with Crippen molar-refractivity contribution in [2.75, 3.05) is 7.11 Å². The smallest absolute Gasteiger partial charge is 0.326 e. The minimum absolute atomic E-state index is 0.176. The van der Waals surface area contributed by atoms with Crippen LogP contribution in [0.25, 0.3) is 0 Å². The lowest BCUT2D eigenvalue weighted by Crippen LogP contribution is -2.41. The van der Waals surface area contributed by atoms with Gasteiger partial charge in [0.15, 0.2) is 0 Å². The Balaban J connectivity index is 2.72. The zero-order chi connectivity index (χ0) is 14.4. The molecule has 0 aliphatic carbocycles. The van der Waals surface area contributed by atoms with Crippen LogP contribution < -0.4 is 10.1 Å². The largest absolute Gasteiger partial charge is 0.481 e. The molecule has 1 unspecified atom stereocenters. The van der Waals surface area contributed by atoms with Gasteiger partial charge < -0.3 is 15.2 Å². The lowest BCUT2D eigenvalue weighted by Gasteiger charge is -2.16. The number of hydrogen-bond acceptors (Lipinski definition) is 4. The minimum Gasteiger partial charge on any atom is -0.481 e. The zero-order valence-corrected chi connectivity index (χ0v) is 11.2. The quantitative estimate of drug-likeness (QED) is 0.810. The van der Waals surface area contributed by atoms with Crippen molar-refractivity contribution in [2.24, 2.45) is 5.92 Å². The van der Waals surface area contributed by atoms with Crippen LogP contribution in [0.3, 0.4) is 0 Å². The molecule has 0 aliphatic rings. The first kappa shape index (κ1) is 14.9. The van der Waals surface area contributed by atoms with Gasteiger partial charge in [-0.2, -0.15) is 0 Å². The molecule has 104 valence electrons. The molecule has 0 spiro atoms. The highest BCUT2D eigenvalue weighted by Gasteiger charge is 2.21. The third kappa shape index (κ3) is 4.57. The highest BCUT2D eigenvalue weighted by Crippen LogP contribution is 2.09. The van der Waals surface area contributed by atoms with Crippen LogP contribution in [0.2, 0.25) is 0 Å². The third-order valence-electron chi connectivity index (χ3n) is 2.52. The summed E-state index contributed by atoms with van der Waals surface area (Å²) in [5.41, 5.74) is 0.302. The maximum absolute atomic E-state index is 11.9. The molecule has 1 heterocycles. The topological polar surface area (TPSA) is 88.5 Å². The molecule has 0 saturated heterocycles. The molecular weight excluding hydrogens is 248 g/mol. The third-order valence-corrected chi connectivity index (χ3v) is 2.52. The van der Waals surface area contributed by atoms with Gasteiger partial charge in [0.2, 0.25) is 5.88 Å². The molecule has 1 aromatic heterocycles. The van der Waals surface area contributed by atoms with Crippen molar-refractivity contribution in [3.05, 3.63) is 23.9 Å². The van der Waals surface area contributed by atoms with E-state index in [1.165, 1.54) is 19.4 Å². The number of rotatable bonds is 6. The van der Waals surface area contributed by atoms with E-state index < -0.39 is 17.9 Å². The van der Waals surface area contributed by atoms with Gasteiger partial charge in [-0.15, -0.1) is 0 Å². The van der Waals surface area contributed by atoms with Crippen LogP contribution in [0.4, 0.5) is 0 Å². The first-order valence-electron chi connectivity index (χ1n) is 5.97. The first-order valence-corrected chi connectivity index (χ1v) is 5.97. The summed E-state index contributed by atoms with van der Waals surface area (Å²) in [5, 5.41) is 11.5. The number of carbonyl (C=O) groups excluding carboxylic acids is 1. The number of carboxylic acids is 1. The number of nitrogens with one attached hydrogen (secondary N) is 1. The molecule has 6 nitrogen and oxygen atoms in total. The van der Waals surface area contributed by atoms with Gasteiger partial charge in [-0.1, -0.05) is 13.8 Å². The monoisotopic (exact) mass is 266 g/mol. The van der Waals surface area contributed by atoms with Crippen molar-refractivity contribution in [2.45, 2.75) is 26.3 Å². The predicted octanol–water partition coefficient (Wildman–Crippen LogP) is 1.32. The van der Waals surface area contributed by atoms with Crippen LogP contribution >= 0.6 is 0 Å². The lowest BCUT2D eigenvalue weighted by atomic mass is 10.0. The molecule has 1 aromatic rings. The van der Waals surface area contributed by atoms with E-state index >= 15 is 0 Å². The summed E-state index contributed by atoms with van der Waals surface area (Å²) < 4.78 is 4.88.